The second kappa shape index (κ2) is 7.14. The van der Waals surface area contributed by atoms with Crippen molar-refractivity contribution in [2.45, 2.75) is 27.3 Å². The summed E-state index contributed by atoms with van der Waals surface area (Å²) in [6.45, 7) is 6.11. The number of fused-ring (bicyclic) bond motifs is 1. The van der Waals surface area contributed by atoms with Gasteiger partial charge in [0.2, 0.25) is 5.91 Å². The highest BCUT2D eigenvalue weighted by atomic mass is 32.1. The number of anilines is 1. The normalized spacial score (nSPS) is 10.9. The van der Waals surface area contributed by atoms with Crippen LogP contribution >= 0.6 is 11.3 Å². The van der Waals surface area contributed by atoms with E-state index in [0.717, 1.165) is 15.8 Å². The molecule has 3 rings (SSSR count). The number of nitrogens with one attached hydrogen (secondary N) is 2. The van der Waals surface area contributed by atoms with E-state index in [1.807, 2.05) is 20.8 Å². The maximum absolute atomic E-state index is 13.6. The van der Waals surface area contributed by atoms with Crippen LogP contribution in [0.25, 0.3) is 10.2 Å². The Bertz CT molecular complexity index is 938. The standard InChI is InChI=1S/C18H19FN4OS/c1-10-11(2)25-18-16(10)17(22-12(3)23-18)21-9-15(24)20-8-13-6-4-5-7-14(13)19/h4-7H,8-9H2,1-3H3,(H,20,24)(H,21,22,23). The van der Waals surface area contributed by atoms with Crippen LogP contribution in [0.3, 0.4) is 0 Å². The number of carbonyl (C=O) groups is 1. The third-order valence-corrected chi connectivity index (χ3v) is 5.09. The van der Waals surface area contributed by atoms with Gasteiger partial charge < -0.3 is 10.6 Å². The Labute approximate surface area is 149 Å². The minimum atomic E-state index is -0.326. The van der Waals surface area contributed by atoms with Crippen molar-refractivity contribution in [3.63, 3.8) is 0 Å². The van der Waals surface area contributed by atoms with Crippen LogP contribution in [0.1, 0.15) is 21.8 Å². The van der Waals surface area contributed by atoms with E-state index >= 15 is 0 Å². The maximum Gasteiger partial charge on any atom is 0.239 e. The zero-order valence-electron chi connectivity index (χ0n) is 14.3. The smallest absolute Gasteiger partial charge is 0.239 e. The highest BCUT2D eigenvalue weighted by Crippen LogP contribution is 2.32. The Kier molecular flexibility index (Phi) is 4.94. The van der Waals surface area contributed by atoms with Crippen LogP contribution < -0.4 is 10.6 Å². The van der Waals surface area contributed by atoms with Gasteiger partial charge in [0.1, 0.15) is 22.3 Å². The van der Waals surface area contributed by atoms with E-state index in [1.165, 1.54) is 10.9 Å². The molecule has 0 saturated carbocycles. The average molecular weight is 358 g/mol. The lowest BCUT2D eigenvalue weighted by molar-refractivity contribution is -0.119. The van der Waals surface area contributed by atoms with Crippen molar-refractivity contribution in [1.82, 2.24) is 15.3 Å². The number of benzene rings is 1. The van der Waals surface area contributed by atoms with Crippen LogP contribution in [0, 0.1) is 26.6 Å². The highest BCUT2D eigenvalue weighted by molar-refractivity contribution is 7.18. The molecule has 0 atom stereocenters. The molecule has 0 aliphatic heterocycles. The molecule has 0 fully saturated rings. The third-order valence-electron chi connectivity index (χ3n) is 3.99. The predicted molar refractivity (Wildman–Crippen MR) is 98.4 cm³/mol. The lowest BCUT2D eigenvalue weighted by Crippen LogP contribution is -2.30. The van der Waals surface area contributed by atoms with Gasteiger partial charge in [0.15, 0.2) is 0 Å². The molecule has 130 valence electrons. The molecule has 0 unspecified atom stereocenters. The summed E-state index contributed by atoms with van der Waals surface area (Å²) in [7, 11) is 0. The number of carbonyl (C=O) groups excluding carboxylic acids is 1. The summed E-state index contributed by atoms with van der Waals surface area (Å²) >= 11 is 1.62. The fourth-order valence-electron chi connectivity index (χ4n) is 2.55. The van der Waals surface area contributed by atoms with E-state index in [-0.39, 0.29) is 24.8 Å². The number of rotatable bonds is 5. The van der Waals surface area contributed by atoms with E-state index < -0.39 is 0 Å². The average Bonchev–Trinajstić information content (AvgIpc) is 2.86. The first kappa shape index (κ1) is 17.3. The zero-order chi connectivity index (χ0) is 18.0. The van der Waals surface area contributed by atoms with Crippen LogP contribution in [0.5, 0.6) is 0 Å². The first-order chi connectivity index (χ1) is 12.0. The van der Waals surface area contributed by atoms with Crippen LogP contribution in [0.4, 0.5) is 10.2 Å². The molecule has 0 spiro atoms. The van der Waals surface area contributed by atoms with Crippen LogP contribution in [0.15, 0.2) is 24.3 Å². The Morgan fingerprint density at radius 1 is 1.20 bits per heavy atom. The molecular formula is C18H19FN4OS. The molecule has 0 aliphatic carbocycles. The van der Waals surface area contributed by atoms with Crippen LogP contribution in [-0.2, 0) is 11.3 Å². The van der Waals surface area contributed by atoms with E-state index in [1.54, 1.807) is 29.5 Å². The van der Waals surface area contributed by atoms with Crippen molar-refractivity contribution >= 4 is 33.3 Å². The molecule has 0 aliphatic rings. The number of nitrogens with zero attached hydrogens (tertiary/aromatic N) is 2. The molecule has 1 amide bonds. The van der Waals surface area contributed by atoms with Gasteiger partial charge in [0.05, 0.1) is 11.9 Å². The highest BCUT2D eigenvalue weighted by Gasteiger charge is 2.14. The van der Waals surface area contributed by atoms with Gasteiger partial charge in [0, 0.05) is 17.0 Å². The summed E-state index contributed by atoms with van der Waals surface area (Å²) in [4.78, 5) is 23.1. The van der Waals surface area contributed by atoms with E-state index in [2.05, 4.69) is 20.6 Å². The quantitative estimate of drug-likeness (QED) is 0.733. The molecule has 1 aromatic carbocycles. The molecule has 2 N–H and O–H groups in total. The van der Waals surface area contributed by atoms with Crippen molar-refractivity contribution in [2.24, 2.45) is 0 Å². The number of halogens is 1. The van der Waals surface area contributed by atoms with Crippen molar-refractivity contribution in [3.05, 3.63) is 51.9 Å². The second-order valence-corrected chi connectivity index (χ2v) is 7.01. The zero-order valence-corrected chi connectivity index (χ0v) is 15.1. The Morgan fingerprint density at radius 3 is 2.72 bits per heavy atom. The number of thiophene rings is 1. The predicted octanol–water partition coefficient (Wildman–Crippen LogP) is 3.48. The number of amides is 1. The van der Waals surface area contributed by atoms with Gasteiger partial charge in [-0.3, -0.25) is 4.79 Å². The van der Waals surface area contributed by atoms with Gasteiger partial charge >= 0.3 is 0 Å². The van der Waals surface area contributed by atoms with Gasteiger partial charge in [0.25, 0.3) is 0 Å². The molecule has 3 aromatic rings. The van der Waals surface area contributed by atoms with Gasteiger partial charge in [-0.1, -0.05) is 18.2 Å². The summed E-state index contributed by atoms with van der Waals surface area (Å²) in [5.41, 5.74) is 1.58. The lowest BCUT2D eigenvalue weighted by atomic mass is 10.2. The topological polar surface area (TPSA) is 66.9 Å². The number of hydrogen-bond acceptors (Lipinski definition) is 5. The lowest BCUT2D eigenvalue weighted by Gasteiger charge is -2.10. The summed E-state index contributed by atoms with van der Waals surface area (Å²) < 4.78 is 13.6. The Hall–Kier alpha value is -2.54. The van der Waals surface area contributed by atoms with Crippen molar-refractivity contribution < 1.29 is 9.18 Å². The summed E-state index contributed by atoms with van der Waals surface area (Å²) in [6.07, 6.45) is 0. The molecule has 0 radical (unpaired) electrons. The van der Waals surface area contributed by atoms with Crippen LogP contribution in [0.2, 0.25) is 0 Å². The molecule has 25 heavy (non-hydrogen) atoms. The Balaban J connectivity index is 1.68. The fraction of sp³-hybridized carbons (Fsp3) is 0.278. The van der Waals surface area contributed by atoms with E-state index in [9.17, 15) is 9.18 Å². The SMILES string of the molecule is Cc1nc(NCC(=O)NCc2ccccc2F)c2c(C)c(C)sc2n1. The van der Waals surface area contributed by atoms with Crippen molar-refractivity contribution in [1.29, 1.82) is 0 Å². The number of aryl methyl sites for hydroxylation is 3. The van der Waals surface area contributed by atoms with Crippen molar-refractivity contribution in [3.8, 4) is 0 Å². The molecule has 2 aromatic heterocycles. The van der Waals surface area contributed by atoms with E-state index in [0.29, 0.717) is 17.2 Å². The molecule has 2 heterocycles. The molecule has 0 saturated heterocycles. The minimum Gasteiger partial charge on any atom is -0.360 e. The molecule has 0 bridgehead atoms. The largest absolute Gasteiger partial charge is 0.360 e. The third kappa shape index (κ3) is 3.76. The summed E-state index contributed by atoms with van der Waals surface area (Å²) in [5.74, 6) is 0.763. The number of hydrogen-bond donors (Lipinski definition) is 2. The fourth-order valence-corrected chi connectivity index (χ4v) is 3.62. The first-order valence-electron chi connectivity index (χ1n) is 7.94. The van der Waals surface area contributed by atoms with Gasteiger partial charge in [-0.05, 0) is 32.4 Å². The molecule has 7 heteroatoms. The number of aromatic nitrogens is 2. The molecule has 5 nitrogen and oxygen atoms in total. The maximum atomic E-state index is 13.6. The van der Waals surface area contributed by atoms with Crippen molar-refractivity contribution in [2.75, 3.05) is 11.9 Å². The monoisotopic (exact) mass is 358 g/mol. The minimum absolute atomic E-state index is 0.0638. The van der Waals surface area contributed by atoms with Gasteiger partial charge in [-0.15, -0.1) is 11.3 Å². The molecular weight excluding hydrogens is 339 g/mol. The van der Waals surface area contributed by atoms with Gasteiger partial charge in [-0.2, -0.15) is 0 Å². The van der Waals surface area contributed by atoms with Crippen LogP contribution in [-0.4, -0.2) is 22.4 Å². The first-order valence-corrected chi connectivity index (χ1v) is 8.75. The summed E-state index contributed by atoms with van der Waals surface area (Å²) in [5, 5.41) is 6.75. The Morgan fingerprint density at radius 2 is 1.96 bits per heavy atom. The second-order valence-electron chi connectivity index (χ2n) is 5.80. The van der Waals surface area contributed by atoms with Gasteiger partial charge in [-0.25, -0.2) is 14.4 Å². The summed E-state index contributed by atoms with van der Waals surface area (Å²) in [6, 6.07) is 6.39. The van der Waals surface area contributed by atoms with E-state index in [4.69, 9.17) is 0 Å².